The average molecular weight is 196 g/mol. The zero-order valence-electron chi connectivity index (χ0n) is 8.09. The minimum Gasteiger partial charge on any atom is -0.322 e. The second-order valence-electron chi connectivity index (χ2n) is 3.34. The van der Waals surface area contributed by atoms with Gasteiger partial charge in [0.15, 0.2) is 0 Å². The van der Waals surface area contributed by atoms with Crippen molar-refractivity contribution in [3.05, 3.63) is 11.8 Å². The lowest BCUT2D eigenvalue weighted by atomic mass is 10.2. The molecule has 2 N–H and O–H groups in total. The predicted molar refractivity (Wildman–Crippen MR) is 48.8 cm³/mol. The van der Waals surface area contributed by atoms with E-state index in [0.717, 1.165) is 0 Å². The molecule has 0 spiro atoms. The van der Waals surface area contributed by atoms with E-state index in [1.165, 1.54) is 6.08 Å². The molecule has 1 heterocycles. The van der Waals surface area contributed by atoms with E-state index in [4.69, 9.17) is 0 Å². The van der Waals surface area contributed by atoms with Crippen LogP contribution in [0.2, 0.25) is 0 Å². The van der Waals surface area contributed by atoms with Crippen LogP contribution in [0, 0.1) is 5.92 Å². The normalized spacial score (nSPS) is 16.4. The minimum absolute atomic E-state index is 0.124. The van der Waals surface area contributed by atoms with E-state index in [0.29, 0.717) is 0 Å². The SMILES string of the molecule is CC(C)C(=O)NC1=CCC(=O)NC1=O. The zero-order valence-corrected chi connectivity index (χ0v) is 8.09. The lowest BCUT2D eigenvalue weighted by Crippen LogP contribution is -2.41. The van der Waals surface area contributed by atoms with Crippen LogP contribution < -0.4 is 10.6 Å². The van der Waals surface area contributed by atoms with E-state index >= 15 is 0 Å². The van der Waals surface area contributed by atoms with Crippen molar-refractivity contribution in [3.63, 3.8) is 0 Å². The van der Waals surface area contributed by atoms with Crippen molar-refractivity contribution < 1.29 is 14.4 Å². The van der Waals surface area contributed by atoms with Gasteiger partial charge in [0.2, 0.25) is 11.8 Å². The van der Waals surface area contributed by atoms with Gasteiger partial charge in [-0.05, 0) is 6.08 Å². The Kier molecular flexibility index (Phi) is 3.01. The quantitative estimate of drug-likeness (QED) is 0.595. The van der Waals surface area contributed by atoms with Crippen molar-refractivity contribution >= 4 is 17.7 Å². The highest BCUT2D eigenvalue weighted by atomic mass is 16.2. The van der Waals surface area contributed by atoms with E-state index in [-0.39, 0.29) is 29.9 Å². The van der Waals surface area contributed by atoms with Gasteiger partial charge in [0.05, 0.1) is 0 Å². The summed E-state index contributed by atoms with van der Waals surface area (Å²) >= 11 is 0. The molecule has 76 valence electrons. The molecule has 0 aliphatic carbocycles. The molecule has 0 aromatic heterocycles. The third kappa shape index (κ3) is 2.42. The fourth-order valence-electron chi connectivity index (χ4n) is 0.917. The maximum atomic E-state index is 11.2. The molecule has 0 radical (unpaired) electrons. The first kappa shape index (κ1) is 10.4. The second-order valence-corrected chi connectivity index (χ2v) is 3.34. The Hall–Kier alpha value is -1.65. The largest absolute Gasteiger partial charge is 0.322 e. The van der Waals surface area contributed by atoms with Crippen LogP contribution in [0.1, 0.15) is 20.3 Å². The van der Waals surface area contributed by atoms with E-state index in [9.17, 15) is 14.4 Å². The summed E-state index contributed by atoms with van der Waals surface area (Å²) in [6, 6.07) is 0. The van der Waals surface area contributed by atoms with Crippen molar-refractivity contribution in [1.82, 2.24) is 10.6 Å². The van der Waals surface area contributed by atoms with Crippen molar-refractivity contribution in [3.8, 4) is 0 Å². The monoisotopic (exact) mass is 196 g/mol. The number of rotatable bonds is 2. The molecule has 5 nitrogen and oxygen atoms in total. The molecule has 3 amide bonds. The summed E-state index contributed by atoms with van der Waals surface area (Å²) < 4.78 is 0. The van der Waals surface area contributed by atoms with Gasteiger partial charge in [-0.1, -0.05) is 13.8 Å². The van der Waals surface area contributed by atoms with Crippen molar-refractivity contribution in [1.29, 1.82) is 0 Å². The van der Waals surface area contributed by atoms with Crippen molar-refractivity contribution in [2.75, 3.05) is 0 Å². The smallest absolute Gasteiger partial charge is 0.274 e. The van der Waals surface area contributed by atoms with Crippen LogP contribution >= 0.6 is 0 Å². The fraction of sp³-hybridized carbons (Fsp3) is 0.444. The van der Waals surface area contributed by atoms with E-state index < -0.39 is 5.91 Å². The first-order valence-electron chi connectivity index (χ1n) is 4.36. The standard InChI is InChI=1S/C9H12N2O3/c1-5(2)8(13)10-6-3-4-7(12)11-9(6)14/h3,5H,4H2,1-2H3,(H,10,13)(H,11,12,14). The van der Waals surface area contributed by atoms with Crippen LogP contribution in [0.25, 0.3) is 0 Å². The van der Waals surface area contributed by atoms with Gasteiger partial charge in [-0.2, -0.15) is 0 Å². The van der Waals surface area contributed by atoms with Gasteiger partial charge in [0.1, 0.15) is 5.70 Å². The van der Waals surface area contributed by atoms with E-state index in [1.54, 1.807) is 13.8 Å². The average Bonchev–Trinajstić information content (AvgIpc) is 2.09. The molecule has 0 atom stereocenters. The van der Waals surface area contributed by atoms with E-state index in [2.05, 4.69) is 10.6 Å². The summed E-state index contributed by atoms with van der Waals surface area (Å²) in [6.07, 6.45) is 1.54. The van der Waals surface area contributed by atoms with Crippen LogP contribution in [0.5, 0.6) is 0 Å². The number of imide groups is 1. The summed E-state index contributed by atoms with van der Waals surface area (Å²) in [5.74, 6) is -1.32. The highest BCUT2D eigenvalue weighted by Gasteiger charge is 2.20. The molecular weight excluding hydrogens is 184 g/mol. The van der Waals surface area contributed by atoms with Crippen molar-refractivity contribution in [2.45, 2.75) is 20.3 Å². The summed E-state index contributed by atoms with van der Waals surface area (Å²) in [4.78, 5) is 33.1. The topological polar surface area (TPSA) is 75.3 Å². The van der Waals surface area contributed by atoms with Crippen LogP contribution in [0.4, 0.5) is 0 Å². The van der Waals surface area contributed by atoms with Gasteiger partial charge < -0.3 is 5.32 Å². The second kappa shape index (κ2) is 4.04. The molecule has 0 aromatic rings. The zero-order chi connectivity index (χ0) is 10.7. The van der Waals surface area contributed by atoms with Gasteiger partial charge in [-0.15, -0.1) is 0 Å². The molecule has 0 unspecified atom stereocenters. The van der Waals surface area contributed by atoms with Crippen molar-refractivity contribution in [2.24, 2.45) is 5.92 Å². The molecule has 1 aliphatic rings. The summed E-state index contributed by atoms with van der Waals surface area (Å²) in [7, 11) is 0. The number of hydrogen-bond acceptors (Lipinski definition) is 3. The Labute approximate surface area is 81.5 Å². The molecule has 0 bridgehead atoms. The molecule has 0 saturated heterocycles. The number of carbonyl (C=O) groups is 3. The number of hydrogen-bond donors (Lipinski definition) is 2. The van der Waals surface area contributed by atoms with Gasteiger partial charge in [0.25, 0.3) is 5.91 Å². The third-order valence-electron chi connectivity index (χ3n) is 1.77. The van der Waals surface area contributed by atoms with E-state index in [1.807, 2.05) is 0 Å². The first-order valence-corrected chi connectivity index (χ1v) is 4.36. The summed E-state index contributed by atoms with van der Waals surface area (Å²) in [6.45, 7) is 3.45. The minimum atomic E-state index is -0.546. The van der Waals surface area contributed by atoms with Crippen LogP contribution in [-0.2, 0) is 14.4 Å². The maximum absolute atomic E-state index is 11.2. The fourth-order valence-corrected chi connectivity index (χ4v) is 0.917. The highest BCUT2D eigenvalue weighted by molar-refractivity contribution is 6.08. The third-order valence-corrected chi connectivity index (χ3v) is 1.77. The van der Waals surface area contributed by atoms with Crippen LogP contribution in [0.3, 0.4) is 0 Å². The molecule has 14 heavy (non-hydrogen) atoms. The lowest BCUT2D eigenvalue weighted by Gasteiger charge is -2.14. The molecular formula is C9H12N2O3. The Morgan fingerprint density at radius 2 is 2.14 bits per heavy atom. The number of nitrogens with one attached hydrogen (secondary N) is 2. The van der Waals surface area contributed by atoms with Gasteiger partial charge in [-0.25, -0.2) is 0 Å². The van der Waals surface area contributed by atoms with Gasteiger partial charge >= 0.3 is 0 Å². The Bertz CT molecular complexity index is 318. The highest BCUT2D eigenvalue weighted by Crippen LogP contribution is 2.02. The predicted octanol–water partition coefficient (Wildman–Crippen LogP) is -0.311. The number of amides is 3. The molecule has 0 aromatic carbocycles. The molecule has 1 rings (SSSR count). The summed E-state index contributed by atoms with van der Waals surface area (Å²) in [5.41, 5.74) is 0.156. The Morgan fingerprint density at radius 3 is 2.64 bits per heavy atom. The molecule has 0 saturated carbocycles. The number of carbonyl (C=O) groups excluding carboxylic acids is 3. The van der Waals surface area contributed by atoms with Crippen LogP contribution in [0.15, 0.2) is 11.8 Å². The maximum Gasteiger partial charge on any atom is 0.274 e. The Morgan fingerprint density at radius 1 is 1.50 bits per heavy atom. The molecule has 0 fully saturated rings. The van der Waals surface area contributed by atoms with Crippen LogP contribution in [-0.4, -0.2) is 17.7 Å². The first-order chi connectivity index (χ1) is 6.50. The lowest BCUT2D eigenvalue weighted by molar-refractivity contribution is -0.131. The molecule has 1 aliphatic heterocycles. The molecule has 5 heteroatoms. The summed E-state index contributed by atoms with van der Waals surface area (Å²) in [5, 5.41) is 4.56. The Balaban J connectivity index is 2.65. The van der Waals surface area contributed by atoms with Gasteiger partial charge in [0, 0.05) is 12.3 Å². The van der Waals surface area contributed by atoms with Gasteiger partial charge in [-0.3, -0.25) is 19.7 Å².